The average Bonchev–Trinajstić information content (AvgIpc) is 3.17. The topological polar surface area (TPSA) is 79.6 Å². The maximum atomic E-state index is 12.8. The van der Waals surface area contributed by atoms with Crippen LogP contribution in [0.1, 0.15) is 24.2 Å². The van der Waals surface area contributed by atoms with Gasteiger partial charge in [0, 0.05) is 54.0 Å². The minimum Gasteiger partial charge on any atom is -0.345 e. The molecule has 0 N–H and O–H groups in total. The van der Waals surface area contributed by atoms with Crippen molar-refractivity contribution in [3.05, 3.63) is 58.1 Å². The molecule has 0 spiro atoms. The molecule has 0 bridgehead atoms. The van der Waals surface area contributed by atoms with Crippen LogP contribution < -0.4 is 4.90 Å². The van der Waals surface area contributed by atoms with E-state index in [2.05, 4.69) is 23.7 Å². The van der Waals surface area contributed by atoms with Crippen LogP contribution in [-0.2, 0) is 0 Å². The van der Waals surface area contributed by atoms with Gasteiger partial charge in [0.25, 0.3) is 11.6 Å². The standard InChI is InChI=1S/C21H22N4O3S2/c1-14(2)29-17-6-3-15(4-7-17)20(26)23-9-11-24(12-10-23)21-22-18-8-5-16(25(27)28)13-19(18)30-21/h3-8,13-14H,9-12H2,1-2H3. The number of thiazole rings is 1. The van der Waals surface area contributed by atoms with Crippen LogP contribution in [0.25, 0.3) is 10.2 Å². The molecule has 1 amide bonds. The minimum absolute atomic E-state index is 0.0515. The summed E-state index contributed by atoms with van der Waals surface area (Å²) in [7, 11) is 0. The van der Waals surface area contributed by atoms with Crippen molar-refractivity contribution < 1.29 is 9.72 Å². The van der Waals surface area contributed by atoms with Gasteiger partial charge in [0.2, 0.25) is 0 Å². The van der Waals surface area contributed by atoms with E-state index in [9.17, 15) is 14.9 Å². The Labute approximate surface area is 182 Å². The van der Waals surface area contributed by atoms with Gasteiger partial charge in [-0.25, -0.2) is 4.98 Å². The van der Waals surface area contributed by atoms with Crippen LogP contribution in [0.2, 0.25) is 0 Å². The third kappa shape index (κ3) is 4.41. The van der Waals surface area contributed by atoms with Gasteiger partial charge in [0.15, 0.2) is 5.13 Å². The molecule has 9 heteroatoms. The Hall–Kier alpha value is -2.65. The van der Waals surface area contributed by atoms with Crippen LogP contribution >= 0.6 is 23.1 Å². The second kappa shape index (κ2) is 8.61. The number of fused-ring (bicyclic) bond motifs is 1. The van der Waals surface area contributed by atoms with E-state index in [1.54, 1.807) is 23.9 Å². The Morgan fingerprint density at radius 2 is 1.83 bits per heavy atom. The summed E-state index contributed by atoms with van der Waals surface area (Å²) in [5.41, 5.74) is 1.55. The SMILES string of the molecule is CC(C)Sc1ccc(C(=O)N2CCN(c3nc4ccc([N+](=O)[O-])cc4s3)CC2)cc1. The van der Waals surface area contributed by atoms with E-state index in [1.807, 2.05) is 29.2 Å². The van der Waals surface area contributed by atoms with E-state index in [0.717, 1.165) is 15.3 Å². The van der Waals surface area contributed by atoms with Crippen LogP contribution in [0.5, 0.6) is 0 Å². The smallest absolute Gasteiger partial charge is 0.270 e. The lowest BCUT2D eigenvalue weighted by Crippen LogP contribution is -2.48. The zero-order valence-corrected chi connectivity index (χ0v) is 18.4. The van der Waals surface area contributed by atoms with E-state index in [1.165, 1.54) is 22.3 Å². The van der Waals surface area contributed by atoms with Gasteiger partial charge in [-0.2, -0.15) is 0 Å². The van der Waals surface area contributed by atoms with Crippen LogP contribution in [0.15, 0.2) is 47.4 Å². The normalized spacial score (nSPS) is 14.5. The van der Waals surface area contributed by atoms with E-state index >= 15 is 0 Å². The molecule has 3 aromatic rings. The number of thioether (sulfide) groups is 1. The number of nitrogens with zero attached hydrogens (tertiary/aromatic N) is 4. The predicted molar refractivity (Wildman–Crippen MR) is 122 cm³/mol. The number of nitro groups is 1. The summed E-state index contributed by atoms with van der Waals surface area (Å²) < 4.78 is 0.803. The van der Waals surface area contributed by atoms with Gasteiger partial charge in [0.05, 0.1) is 15.1 Å². The van der Waals surface area contributed by atoms with Crippen molar-refractivity contribution >= 4 is 50.0 Å². The number of amides is 1. The number of benzene rings is 2. The summed E-state index contributed by atoms with van der Waals surface area (Å²) in [5.74, 6) is 0.0515. The molecule has 1 aromatic heterocycles. The van der Waals surface area contributed by atoms with Crippen LogP contribution in [-0.4, -0.2) is 52.1 Å². The summed E-state index contributed by atoms with van der Waals surface area (Å²) >= 11 is 3.23. The van der Waals surface area contributed by atoms with Crippen molar-refractivity contribution in [3.63, 3.8) is 0 Å². The second-order valence-electron chi connectivity index (χ2n) is 7.38. The Morgan fingerprint density at radius 1 is 1.13 bits per heavy atom. The third-order valence-corrected chi connectivity index (χ3v) is 6.98. The Morgan fingerprint density at radius 3 is 2.47 bits per heavy atom. The van der Waals surface area contributed by atoms with Crippen molar-refractivity contribution in [2.75, 3.05) is 31.1 Å². The van der Waals surface area contributed by atoms with Gasteiger partial charge in [-0.15, -0.1) is 11.8 Å². The van der Waals surface area contributed by atoms with Crippen molar-refractivity contribution in [1.82, 2.24) is 9.88 Å². The number of carbonyl (C=O) groups excluding carboxylic acids is 1. The number of rotatable bonds is 5. The van der Waals surface area contributed by atoms with Gasteiger partial charge in [-0.1, -0.05) is 25.2 Å². The molecule has 1 aliphatic heterocycles. The second-order valence-corrected chi connectivity index (χ2v) is 10.0. The average molecular weight is 443 g/mol. The molecular formula is C21H22N4O3S2. The first kappa shape index (κ1) is 20.6. The highest BCUT2D eigenvalue weighted by atomic mass is 32.2. The Balaban J connectivity index is 1.40. The lowest BCUT2D eigenvalue weighted by molar-refractivity contribution is -0.384. The van der Waals surface area contributed by atoms with Crippen molar-refractivity contribution in [2.24, 2.45) is 0 Å². The number of hydrogen-bond acceptors (Lipinski definition) is 7. The van der Waals surface area contributed by atoms with Crippen LogP contribution in [0.3, 0.4) is 0 Å². The molecule has 1 aliphatic rings. The fourth-order valence-corrected chi connectivity index (χ4v) is 5.27. The molecule has 0 saturated carbocycles. The molecule has 30 heavy (non-hydrogen) atoms. The molecule has 1 fully saturated rings. The first-order valence-electron chi connectivity index (χ1n) is 9.76. The molecule has 0 atom stereocenters. The van der Waals surface area contributed by atoms with E-state index in [4.69, 9.17) is 0 Å². The number of nitro benzene ring substituents is 1. The molecular weight excluding hydrogens is 420 g/mol. The number of non-ortho nitro benzene ring substituents is 1. The molecule has 2 heterocycles. The molecule has 0 radical (unpaired) electrons. The fraction of sp³-hybridized carbons (Fsp3) is 0.333. The summed E-state index contributed by atoms with van der Waals surface area (Å²) in [6.07, 6.45) is 0. The van der Waals surface area contributed by atoms with Gasteiger partial charge >= 0.3 is 0 Å². The largest absolute Gasteiger partial charge is 0.345 e. The van der Waals surface area contributed by atoms with Gasteiger partial charge in [-0.05, 0) is 30.3 Å². The highest BCUT2D eigenvalue weighted by molar-refractivity contribution is 7.99. The zero-order chi connectivity index (χ0) is 21.3. The summed E-state index contributed by atoms with van der Waals surface area (Å²) in [6.45, 7) is 6.92. The maximum absolute atomic E-state index is 12.8. The number of anilines is 1. The first-order chi connectivity index (χ1) is 14.4. The zero-order valence-electron chi connectivity index (χ0n) is 16.8. The summed E-state index contributed by atoms with van der Waals surface area (Å²) in [4.78, 5) is 33.2. The Bertz CT molecular complexity index is 1070. The highest BCUT2D eigenvalue weighted by Gasteiger charge is 2.24. The quantitative estimate of drug-likeness (QED) is 0.325. The number of aromatic nitrogens is 1. The van der Waals surface area contributed by atoms with Crippen molar-refractivity contribution in [3.8, 4) is 0 Å². The summed E-state index contributed by atoms with van der Waals surface area (Å²) in [6, 6.07) is 12.6. The molecule has 4 rings (SSSR count). The lowest BCUT2D eigenvalue weighted by atomic mass is 10.2. The monoisotopic (exact) mass is 442 g/mol. The lowest BCUT2D eigenvalue weighted by Gasteiger charge is -2.34. The van der Waals surface area contributed by atoms with Gasteiger partial charge in [0.1, 0.15) is 0 Å². The highest BCUT2D eigenvalue weighted by Crippen LogP contribution is 2.32. The van der Waals surface area contributed by atoms with E-state index in [0.29, 0.717) is 37.0 Å². The van der Waals surface area contributed by atoms with E-state index in [-0.39, 0.29) is 11.6 Å². The van der Waals surface area contributed by atoms with Crippen LogP contribution in [0, 0.1) is 10.1 Å². The molecule has 156 valence electrons. The van der Waals surface area contributed by atoms with E-state index < -0.39 is 4.92 Å². The Kier molecular flexibility index (Phi) is 5.92. The minimum atomic E-state index is -0.392. The molecule has 0 unspecified atom stereocenters. The van der Waals surface area contributed by atoms with Crippen molar-refractivity contribution in [1.29, 1.82) is 0 Å². The van der Waals surface area contributed by atoms with Crippen molar-refractivity contribution in [2.45, 2.75) is 24.0 Å². The fourth-order valence-electron chi connectivity index (χ4n) is 3.38. The molecule has 0 aliphatic carbocycles. The number of piperazine rings is 1. The third-order valence-electron chi connectivity index (χ3n) is 4.88. The van der Waals surface area contributed by atoms with Crippen LogP contribution in [0.4, 0.5) is 10.8 Å². The van der Waals surface area contributed by atoms with Gasteiger partial charge < -0.3 is 9.80 Å². The molecule has 2 aromatic carbocycles. The first-order valence-corrected chi connectivity index (χ1v) is 11.5. The maximum Gasteiger partial charge on any atom is 0.270 e. The van der Waals surface area contributed by atoms with Gasteiger partial charge in [-0.3, -0.25) is 14.9 Å². The number of hydrogen-bond donors (Lipinski definition) is 0. The number of carbonyl (C=O) groups is 1. The molecule has 1 saturated heterocycles. The summed E-state index contributed by atoms with van der Waals surface area (Å²) in [5, 5.41) is 12.3. The predicted octanol–water partition coefficient (Wildman–Crippen LogP) is 4.67. The molecule has 7 nitrogen and oxygen atoms in total.